The summed E-state index contributed by atoms with van der Waals surface area (Å²) in [6.07, 6.45) is 0. The molecule has 0 radical (unpaired) electrons. The average Bonchev–Trinajstić information content (AvgIpc) is 2.28. The average molecular weight is 266 g/mol. The predicted molar refractivity (Wildman–Crippen MR) is 72.5 cm³/mol. The fourth-order valence-electron chi connectivity index (χ4n) is 1.42. The molecular weight excluding hydrogens is 250 g/mol. The minimum atomic E-state index is -0.364. The van der Waals surface area contributed by atoms with Crippen molar-refractivity contribution in [3.63, 3.8) is 0 Å². The van der Waals surface area contributed by atoms with E-state index >= 15 is 0 Å². The molecule has 0 aromatic heterocycles. The summed E-state index contributed by atoms with van der Waals surface area (Å²) in [7, 11) is 0. The van der Waals surface area contributed by atoms with Gasteiger partial charge in [-0.15, -0.1) is 0 Å². The van der Waals surface area contributed by atoms with E-state index < -0.39 is 0 Å². The molecule has 1 rings (SSSR count). The molecule has 0 saturated carbocycles. The SMILES string of the molecule is CC(C)NC(=O)C(C)Nc1ccc(C#N)c(Cl)c1. The van der Waals surface area contributed by atoms with Crippen LogP contribution in [0.4, 0.5) is 5.69 Å². The zero-order chi connectivity index (χ0) is 13.7. The Balaban J connectivity index is 2.71. The summed E-state index contributed by atoms with van der Waals surface area (Å²) in [5, 5.41) is 15.0. The summed E-state index contributed by atoms with van der Waals surface area (Å²) < 4.78 is 0. The number of nitrogens with zero attached hydrogens (tertiary/aromatic N) is 1. The van der Waals surface area contributed by atoms with E-state index in [1.54, 1.807) is 25.1 Å². The van der Waals surface area contributed by atoms with Crippen LogP contribution in [0, 0.1) is 11.3 Å². The van der Waals surface area contributed by atoms with Crippen molar-refractivity contribution in [3.05, 3.63) is 28.8 Å². The maximum atomic E-state index is 11.7. The first kappa shape index (κ1) is 14.3. The first-order chi connectivity index (χ1) is 8.43. The quantitative estimate of drug-likeness (QED) is 0.879. The number of carbonyl (C=O) groups excluding carboxylic acids is 1. The molecular formula is C13H16ClN3O. The topological polar surface area (TPSA) is 64.9 Å². The lowest BCUT2D eigenvalue weighted by Crippen LogP contribution is -2.40. The molecule has 0 aliphatic carbocycles. The maximum absolute atomic E-state index is 11.7. The van der Waals surface area contributed by atoms with Crippen LogP contribution in [-0.2, 0) is 4.79 Å². The van der Waals surface area contributed by atoms with Crippen LogP contribution in [0.5, 0.6) is 0 Å². The van der Waals surface area contributed by atoms with Crippen LogP contribution in [0.25, 0.3) is 0 Å². The number of amides is 1. The number of anilines is 1. The molecule has 5 heteroatoms. The van der Waals surface area contributed by atoms with Crippen LogP contribution >= 0.6 is 11.6 Å². The number of rotatable bonds is 4. The highest BCUT2D eigenvalue weighted by molar-refractivity contribution is 6.32. The number of halogens is 1. The van der Waals surface area contributed by atoms with E-state index in [-0.39, 0.29) is 18.0 Å². The second-order valence-electron chi connectivity index (χ2n) is 4.34. The van der Waals surface area contributed by atoms with Gasteiger partial charge in [0.2, 0.25) is 5.91 Å². The van der Waals surface area contributed by atoms with Crippen molar-refractivity contribution in [1.82, 2.24) is 5.32 Å². The fourth-order valence-corrected chi connectivity index (χ4v) is 1.64. The lowest BCUT2D eigenvalue weighted by atomic mass is 10.2. The molecule has 96 valence electrons. The molecule has 0 saturated heterocycles. The van der Waals surface area contributed by atoms with Crippen molar-refractivity contribution in [2.45, 2.75) is 32.9 Å². The smallest absolute Gasteiger partial charge is 0.242 e. The van der Waals surface area contributed by atoms with Crippen molar-refractivity contribution < 1.29 is 4.79 Å². The summed E-state index contributed by atoms with van der Waals surface area (Å²) in [6, 6.07) is 6.71. The van der Waals surface area contributed by atoms with Gasteiger partial charge >= 0.3 is 0 Å². The summed E-state index contributed by atoms with van der Waals surface area (Å²) in [4.78, 5) is 11.7. The third-order valence-corrected chi connectivity index (χ3v) is 2.61. The molecule has 0 spiro atoms. The second-order valence-corrected chi connectivity index (χ2v) is 4.74. The molecule has 0 heterocycles. The molecule has 0 bridgehead atoms. The highest BCUT2D eigenvalue weighted by Gasteiger charge is 2.13. The Kier molecular flexibility index (Phi) is 4.99. The van der Waals surface area contributed by atoms with E-state index in [1.807, 2.05) is 19.9 Å². The minimum absolute atomic E-state index is 0.0783. The number of nitriles is 1. The zero-order valence-corrected chi connectivity index (χ0v) is 11.4. The van der Waals surface area contributed by atoms with Gasteiger partial charge in [0.15, 0.2) is 0 Å². The number of carbonyl (C=O) groups is 1. The molecule has 2 N–H and O–H groups in total. The largest absolute Gasteiger partial charge is 0.374 e. The van der Waals surface area contributed by atoms with Crippen molar-refractivity contribution in [2.24, 2.45) is 0 Å². The lowest BCUT2D eigenvalue weighted by molar-refractivity contribution is -0.122. The highest BCUT2D eigenvalue weighted by atomic mass is 35.5. The summed E-state index contributed by atoms with van der Waals surface area (Å²) in [5.74, 6) is -0.0783. The Bertz CT molecular complexity index is 480. The van der Waals surface area contributed by atoms with Gasteiger partial charge in [-0.25, -0.2) is 0 Å². The van der Waals surface area contributed by atoms with Crippen LogP contribution < -0.4 is 10.6 Å². The van der Waals surface area contributed by atoms with Gasteiger partial charge in [-0.3, -0.25) is 4.79 Å². The molecule has 0 fully saturated rings. The zero-order valence-electron chi connectivity index (χ0n) is 10.6. The van der Waals surface area contributed by atoms with Crippen molar-refractivity contribution in [3.8, 4) is 6.07 Å². The molecule has 1 unspecified atom stereocenters. The van der Waals surface area contributed by atoms with E-state index in [9.17, 15) is 4.79 Å². The van der Waals surface area contributed by atoms with Crippen LogP contribution in [0.1, 0.15) is 26.3 Å². The van der Waals surface area contributed by atoms with Crippen LogP contribution in [0.2, 0.25) is 5.02 Å². The van der Waals surface area contributed by atoms with Gasteiger partial charge in [0.1, 0.15) is 12.1 Å². The first-order valence-corrected chi connectivity index (χ1v) is 6.08. The Labute approximate surface area is 112 Å². The van der Waals surface area contributed by atoms with Crippen molar-refractivity contribution >= 4 is 23.2 Å². The lowest BCUT2D eigenvalue weighted by Gasteiger charge is -2.17. The molecule has 0 aliphatic heterocycles. The number of hydrogen-bond acceptors (Lipinski definition) is 3. The Morgan fingerprint density at radius 2 is 2.06 bits per heavy atom. The molecule has 18 heavy (non-hydrogen) atoms. The van der Waals surface area contributed by atoms with Crippen molar-refractivity contribution in [2.75, 3.05) is 5.32 Å². The van der Waals surface area contributed by atoms with Gasteiger partial charge in [0.05, 0.1) is 10.6 Å². The van der Waals surface area contributed by atoms with Gasteiger partial charge in [0.25, 0.3) is 0 Å². The molecule has 1 atom stereocenters. The normalized spacial score (nSPS) is 11.8. The van der Waals surface area contributed by atoms with Crippen LogP contribution in [-0.4, -0.2) is 18.0 Å². The molecule has 1 amide bonds. The Morgan fingerprint density at radius 1 is 1.39 bits per heavy atom. The highest BCUT2D eigenvalue weighted by Crippen LogP contribution is 2.20. The van der Waals surface area contributed by atoms with E-state index in [2.05, 4.69) is 10.6 Å². The van der Waals surface area contributed by atoms with Gasteiger partial charge in [-0.05, 0) is 39.0 Å². The molecule has 0 aliphatic rings. The van der Waals surface area contributed by atoms with E-state index in [1.165, 1.54) is 0 Å². The number of hydrogen-bond donors (Lipinski definition) is 2. The number of nitrogens with one attached hydrogen (secondary N) is 2. The first-order valence-electron chi connectivity index (χ1n) is 5.70. The second kappa shape index (κ2) is 6.27. The van der Waals surface area contributed by atoms with Crippen molar-refractivity contribution in [1.29, 1.82) is 5.26 Å². The molecule has 1 aromatic rings. The molecule has 1 aromatic carbocycles. The Hall–Kier alpha value is -1.73. The third-order valence-electron chi connectivity index (χ3n) is 2.30. The predicted octanol–water partition coefficient (Wildman–Crippen LogP) is 2.54. The van der Waals surface area contributed by atoms with E-state index in [0.29, 0.717) is 16.3 Å². The van der Waals surface area contributed by atoms with Gasteiger partial charge in [-0.2, -0.15) is 5.26 Å². The molecule has 4 nitrogen and oxygen atoms in total. The monoisotopic (exact) mass is 265 g/mol. The van der Waals surface area contributed by atoms with Gasteiger partial charge < -0.3 is 10.6 Å². The van der Waals surface area contributed by atoms with E-state index in [0.717, 1.165) is 0 Å². The summed E-state index contributed by atoms with van der Waals surface area (Å²) in [5.41, 5.74) is 1.13. The summed E-state index contributed by atoms with van der Waals surface area (Å²) in [6.45, 7) is 5.58. The van der Waals surface area contributed by atoms with Gasteiger partial charge in [-0.1, -0.05) is 11.6 Å². The minimum Gasteiger partial charge on any atom is -0.374 e. The third kappa shape index (κ3) is 3.94. The van der Waals surface area contributed by atoms with Crippen LogP contribution in [0.3, 0.4) is 0 Å². The Morgan fingerprint density at radius 3 is 2.56 bits per heavy atom. The van der Waals surface area contributed by atoms with Crippen LogP contribution in [0.15, 0.2) is 18.2 Å². The van der Waals surface area contributed by atoms with Gasteiger partial charge in [0, 0.05) is 11.7 Å². The van der Waals surface area contributed by atoms with E-state index in [4.69, 9.17) is 16.9 Å². The number of benzene rings is 1. The standard InChI is InChI=1S/C13H16ClN3O/c1-8(2)16-13(18)9(3)17-11-5-4-10(7-15)12(14)6-11/h4-6,8-9,17H,1-3H3,(H,16,18). The summed E-state index contributed by atoms with van der Waals surface area (Å²) >= 11 is 5.91. The fraction of sp³-hybridized carbons (Fsp3) is 0.385. The maximum Gasteiger partial charge on any atom is 0.242 e.